The van der Waals surface area contributed by atoms with E-state index in [2.05, 4.69) is 17.2 Å². The number of halogens is 3. The second-order valence-electron chi connectivity index (χ2n) is 4.74. The summed E-state index contributed by atoms with van der Waals surface area (Å²) in [5, 5.41) is 7.82. The Balaban J connectivity index is 2.46. The molecule has 1 aromatic heterocycles. The van der Waals surface area contributed by atoms with E-state index in [4.69, 9.17) is 5.73 Å². The minimum Gasteiger partial charge on any atom is -0.325 e. The van der Waals surface area contributed by atoms with Gasteiger partial charge in [-0.2, -0.15) is 0 Å². The molecule has 0 saturated heterocycles. The van der Waals surface area contributed by atoms with Gasteiger partial charge in [-0.25, -0.2) is 17.9 Å². The van der Waals surface area contributed by atoms with E-state index in [1.807, 2.05) is 0 Å². The van der Waals surface area contributed by atoms with Crippen molar-refractivity contribution in [3.63, 3.8) is 0 Å². The standard InChI is InChI=1S/C14H17F3N4/c1-2-3-4-7-21-14(11(8-18)19-20-21)9-5-6-10(15)13(17)12(9)16/h5-6H,2-4,7-8,18H2,1H3. The fourth-order valence-electron chi connectivity index (χ4n) is 2.16. The van der Waals surface area contributed by atoms with Crippen molar-refractivity contribution in [3.05, 3.63) is 35.3 Å². The summed E-state index contributed by atoms with van der Waals surface area (Å²) in [6, 6.07) is 2.07. The SMILES string of the molecule is CCCCCn1nnc(CN)c1-c1ccc(F)c(F)c1F. The summed E-state index contributed by atoms with van der Waals surface area (Å²) in [5.74, 6) is -3.98. The fraction of sp³-hybridized carbons (Fsp3) is 0.429. The van der Waals surface area contributed by atoms with E-state index >= 15 is 0 Å². The molecular formula is C14H17F3N4. The van der Waals surface area contributed by atoms with Gasteiger partial charge >= 0.3 is 0 Å². The summed E-state index contributed by atoms with van der Waals surface area (Å²) in [6.45, 7) is 2.62. The first-order valence-corrected chi connectivity index (χ1v) is 6.86. The van der Waals surface area contributed by atoms with Gasteiger partial charge < -0.3 is 5.73 Å². The van der Waals surface area contributed by atoms with Crippen LogP contribution in [0.4, 0.5) is 13.2 Å². The van der Waals surface area contributed by atoms with Gasteiger partial charge in [-0.1, -0.05) is 25.0 Å². The Bertz CT molecular complexity index is 625. The van der Waals surface area contributed by atoms with Crippen LogP contribution in [0.25, 0.3) is 11.3 Å². The van der Waals surface area contributed by atoms with Gasteiger partial charge in [0.25, 0.3) is 0 Å². The summed E-state index contributed by atoms with van der Waals surface area (Å²) in [6.07, 6.45) is 2.84. The molecule has 1 heterocycles. The molecule has 0 fully saturated rings. The molecule has 0 amide bonds. The molecule has 21 heavy (non-hydrogen) atoms. The van der Waals surface area contributed by atoms with Gasteiger partial charge in [-0.3, -0.25) is 0 Å². The monoisotopic (exact) mass is 298 g/mol. The highest BCUT2D eigenvalue weighted by Gasteiger charge is 2.21. The molecule has 0 radical (unpaired) electrons. The Labute approximate surface area is 120 Å². The van der Waals surface area contributed by atoms with Crippen LogP contribution in [0.1, 0.15) is 31.9 Å². The molecule has 0 atom stereocenters. The van der Waals surface area contributed by atoms with Crippen molar-refractivity contribution in [1.82, 2.24) is 15.0 Å². The van der Waals surface area contributed by atoms with E-state index in [0.717, 1.165) is 25.3 Å². The van der Waals surface area contributed by atoms with Crippen molar-refractivity contribution < 1.29 is 13.2 Å². The maximum Gasteiger partial charge on any atom is 0.195 e. The molecule has 7 heteroatoms. The van der Waals surface area contributed by atoms with Crippen LogP contribution in [-0.2, 0) is 13.1 Å². The van der Waals surface area contributed by atoms with Crippen LogP contribution in [0.5, 0.6) is 0 Å². The highest BCUT2D eigenvalue weighted by atomic mass is 19.2. The number of rotatable bonds is 6. The quantitative estimate of drug-likeness (QED) is 0.659. The molecule has 0 spiro atoms. The second-order valence-corrected chi connectivity index (χ2v) is 4.74. The van der Waals surface area contributed by atoms with E-state index in [9.17, 15) is 13.2 Å². The van der Waals surface area contributed by atoms with Crippen LogP contribution in [0, 0.1) is 17.5 Å². The average Bonchev–Trinajstić information content (AvgIpc) is 2.88. The van der Waals surface area contributed by atoms with Crippen molar-refractivity contribution in [1.29, 1.82) is 0 Å². The normalized spacial score (nSPS) is 11.1. The number of aryl methyl sites for hydroxylation is 1. The average molecular weight is 298 g/mol. The van der Waals surface area contributed by atoms with Gasteiger partial charge in [0, 0.05) is 18.7 Å². The highest BCUT2D eigenvalue weighted by Crippen LogP contribution is 2.28. The summed E-state index contributed by atoms with van der Waals surface area (Å²) in [5.41, 5.74) is 6.16. The number of nitrogens with zero attached hydrogens (tertiary/aromatic N) is 3. The molecule has 0 saturated carbocycles. The first-order chi connectivity index (χ1) is 10.1. The van der Waals surface area contributed by atoms with Crippen LogP contribution < -0.4 is 5.73 Å². The summed E-state index contributed by atoms with van der Waals surface area (Å²) in [7, 11) is 0. The lowest BCUT2D eigenvalue weighted by atomic mass is 10.1. The van der Waals surface area contributed by atoms with Crippen molar-refractivity contribution in [2.24, 2.45) is 5.73 Å². The number of benzene rings is 1. The van der Waals surface area contributed by atoms with Gasteiger partial charge in [0.15, 0.2) is 17.5 Å². The molecule has 2 N–H and O–H groups in total. The predicted octanol–water partition coefficient (Wildman–Crippen LogP) is 3.01. The van der Waals surface area contributed by atoms with Gasteiger partial charge in [0.05, 0.1) is 5.69 Å². The lowest BCUT2D eigenvalue weighted by molar-refractivity contribution is 0.447. The third-order valence-electron chi connectivity index (χ3n) is 3.26. The number of hydrogen-bond donors (Lipinski definition) is 1. The topological polar surface area (TPSA) is 56.7 Å². The Morgan fingerprint density at radius 3 is 2.57 bits per heavy atom. The number of unbranched alkanes of at least 4 members (excludes halogenated alkanes) is 2. The molecule has 0 aliphatic carbocycles. The maximum absolute atomic E-state index is 14.0. The third-order valence-corrected chi connectivity index (χ3v) is 3.26. The molecule has 4 nitrogen and oxygen atoms in total. The number of aromatic nitrogens is 3. The van der Waals surface area contributed by atoms with Crippen molar-refractivity contribution in [3.8, 4) is 11.3 Å². The minimum atomic E-state index is -1.50. The fourth-order valence-corrected chi connectivity index (χ4v) is 2.16. The summed E-state index contributed by atoms with van der Waals surface area (Å²) in [4.78, 5) is 0. The Kier molecular flexibility index (Phi) is 4.95. The van der Waals surface area contributed by atoms with Crippen molar-refractivity contribution >= 4 is 0 Å². The molecular weight excluding hydrogens is 281 g/mol. The van der Waals surface area contributed by atoms with Crippen LogP contribution >= 0.6 is 0 Å². The first kappa shape index (κ1) is 15.5. The third kappa shape index (κ3) is 3.07. The molecule has 2 rings (SSSR count). The highest BCUT2D eigenvalue weighted by molar-refractivity contribution is 5.62. The lowest BCUT2D eigenvalue weighted by Crippen LogP contribution is -2.07. The van der Waals surface area contributed by atoms with E-state index in [1.165, 1.54) is 10.7 Å². The molecule has 0 aliphatic heterocycles. The first-order valence-electron chi connectivity index (χ1n) is 6.86. The van der Waals surface area contributed by atoms with Gasteiger partial charge in [-0.15, -0.1) is 5.10 Å². The smallest absolute Gasteiger partial charge is 0.195 e. The van der Waals surface area contributed by atoms with Crippen LogP contribution in [0.15, 0.2) is 12.1 Å². The van der Waals surface area contributed by atoms with Crippen molar-refractivity contribution in [2.75, 3.05) is 0 Å². The van der Waals surface area contributed by atoms with Gasteiger partial charge in [0.2, 0.25) is 0 Å². The maximum atomic E-state index is 14.0. The molecule has 0 unspecified atom stereocenters. The second kappa shape index (κ2) is 6.71. The summed E-state index contributed by atoms with van der Waals surface area (Å²) >= 11 is 0. The van der Waals surface area contributed by atoms with E-state index < -0.39 is 17.5 Å². The van der Waals surface area contributed by atoms with Crippen LogP contribution in [0.3, 0.4) is 0 Å². The molecule has 114 valence electrons. The Morgan fingerprint density at radius 1 is 1.14 bits per heavy atom. The molecule has 2 aromatic rings. The zero-order chi connectivity index (χ0) is 15.4. The van der Waals surface area contributed by atoms with E-state index in [-0.39, 0.29) is 12.1 Å². The lowest BCUT2D eigenvalue weighted by Gasteiger charge is -2.09. The van der Waals surface area contributed by atoms with Crippen LogP contribution in [-0.4, -0.2) is 15.0 Å². The largest absolute Gasteiger partial charge is 0.325 e. The molecule has 0 bridgehead atoms. The van der Waals surface area contributed by atoms with Crippen LogP contribution in [0.2, 0.25) is 0 Å². The zero-order valence-electron chi connectivity index (χ0n) is 11.7. The molecule has 1 aromatic carbocycles. The Morgan fingerprint density at radius 2 is 1.90 bits per heavy atom. The minimum absolute atomic E-state index is 0.0432. The van der Waals surface area contributed by atoms with Gasteiger partial charge in [0.1, 0.15) is 5.69 Å². The van der Waals surface area contributed by atoms with E-state index in [1.54, 1.807) is 0 Å². The number of hydrogen-bond acceptors (Lipinski definition) is 3. The van der Waals surface area contributed by atoms with Gasteiger partial charge in [-0.05, 0) is 18.6 Å². The van der Waals surface area contributed by atoms with Crippen molar-refractivity contribution in [2.45, 2.75) is 39.3 Å². The summed E-state index contributed by atoms with van der Waals surface area (Å²) < 4.78 is 42.0. The number of nitrogens with two attached hydrogens (primary N) is 1. The molecule has 0 aliphatic rings. The Hall–Kier alpha value is -1.89. The predicted molar refractivity (Wildman–Crippen MR) is 72.7 cm³/mol. The van der Waals surface area contributed by atoms with E-state index in [0.29, 0.717) is 17.9 Å². The zero-order valence-corrected chi connectivity index (χ0v) is 11.7.